The SMILES string of the molecule is CCCc1c(CCC)n(-c2ccccc2)c(=O)c2cc(C)ccc12. The molecule has 124 valence electrons. The number of aromatic nitrogens is 1. The largest absolute Gasteiger partial charge is 0.280 e. The van der Waals surface area contributed by atoms with Crippen LogP contribution in [0, 0.1) is 6.92 Å². The number of benzene rings is 2. The maximum Gasteiger partial charge on any atom is 0.263 e. The molecule has 0 bridgehead atoms. The van der Waals surface area contributed by atoms with Crippen molar-refractivity contribution >= 4 is 10.8 Å². The van der Waals surface area contributed by atoms with E-state index in [0.717, 1.165) is 47.7 Å². The van der Waals surface area contributed by atoms with Gasteiger partial charge in [0.2, 0.25) is 0 Å². The summed E-state index contributed by atoms with van der Waals surface area (Å²) in [7, 11) is 0. The van der Waals surface area contributed by atoms with Gasteiger partial charge < -0.3 is 0 Å². The van der Waals surface area contributed by atoms with Crippen molar-refractivity contribution < 1.29 is 0 Å². The fourth-order valence-electron chi connectivity index (χ4n) is 3.51. The zero-order chi connectivity index (χ0) is 17.1. The molecule has 1 heterocycles. The first kappa shape index (κ1) is 16.5. The minimum absolute atomic E-state index is 0.100. The van der Waals surface area contributed by atoms with Gasteiger partial charge in [-0.2, -0.15) is 0 Å². The predicted molar refractivity (Wildman–Crippen MR) is 102 cm³/mol. The van der Waals surface area contributed by atoms with Gasteiger partial charge in [-0.3, -0.25) is 9.36 Å². The molecule has 0 amide bonds. The first-order chi connectivity index (χ1) is 11.7. The molecule has 1 aromatic heterocycles. The summed E-state index contributed by atoms with van der Waals surface area (Å²) in [6, 6.07) is 16.3. The van der Waals surface area contributed by atoms with Crippen LogP contribution in [0.1, 0.15) is 43.5 Å². The van der Waals surface area contributed by atoms with Gasteiger partial charge in [-0.1, -0.05) is 62.6 Å². The Morgan fingerprint density at radius 3 is 2.25 bits per heavy atom. The zero-order valence-corrected chi connectivity index (χ0v) is 14.8. The second kappa shape index (κ2) is 7.04. The number of hydrogen-bond donors (Lipinski definition) is 0. The first-order valence-corrected chi connectivity index (χ1v) is 8.89. The summed E-state index contributed by atoms with van der Waals surface area (Å²) in [6.07, 6.45) is 4.03. The summed E-state index contributed by atoms with van der Waals surface area (Å²) in [5, 5.41) is 1.96. The molecule has 0 radical (unpaired) electrons. The third kappa shape index (κ3) is 2.89. The Bertz CT molecular complexity index is 907. The highest BCUT2D eigenvalue weighted by atomic mass is 16.1. The molecule has 0 saturated carbocycles. The third-order valence-electron chi connectivity index (χ3n) is 4.55. The van der Waals surface area contributed by atoms with Crippen LogP contribution in [0.25, 0.3) is 16.5 Å². The lowest BCUT2D eigenvalue weighted by atomic mass is 9.96. The number of hydrogen-bond acceptors (Lipinski definition) is 1. The van der Waals surface area contributed by atoms with Crippen molar-refractivity contribution in [3.63, 3.8) is 0 Å². The standard InChI is InChI=1S/C22H25NO/c1-4-9-19-18-14-13-16(3)15-20(18)22(24)23(21(19)10-5-2)17-11-7-6-8-12-17/h6-8,11-15H,4-5,9-10H2,1-3H3. The molecule has 3 rings (SSSR count). The Morgan fingerprint density at radius 2 is 1.58 bits per heavy atom. The average molecular weight is 319 g/mol. The lowest BCUT2D eigenvalue weighted by Gasteiger charge is -2.20. The molecule has 0 fully saturated rings. The molecule has 2 heteroatoms. The number of nitrogens with zero attached hydrogens (tertiary/aromatic N) is 1. The van der Waals surface area contributed by atoms with E-state index in [1.807, 2.05) is 47.9 Å². The van der Waals surface area contributed by atoms with Crippen molar-refractivity contribution in [2.45, 2.75) is 46.5 Å². The van der Waals surface area contributed by atoms with Crippen LogP contribution in [0.3, 0.4) is 0 Å². The molecule has 0 N–H and O–H groups in total. The maximum absolute atomic E-state index is 13.3. The van der Waals surface area contributed by atoms with Gasteiger partial charge in [-0.25, -0.2) is 0 Å². The first-order valence-electron chi connectivity index (χ1n) is 8.89. The molecular formula is C22H25NO. The Kier molecular flexibility index (Phi) is 4.84. The maximum atomic E-state index is 13.3. The van der Waals surface area contributed by atoms with E-state index >= 15 is 0 Å². The average Bonchev–Trinajstić information content (AvgIpc) is 2.60. The number of pyridine rings is 1. The third-order valence-corrected chi connectivity index (χ3v) is 4.55. The van der Waals surface area contributed by atoms with E-state index < -0.39 is 0 Å². The van der Waals surface area contributed by atoms with Crippen LogP contribution in [0.4, 0.5) is 0 Å². The minimum Gasteiger partial charge on any atom is -0.280 e. The van der Waals surface area contributed by atoms with Gasteiger partial charge in [0.25, 0.3) is 5.56 Å². The Morgan fingerprint density at radius 1 is 0.875 bits per heavy atom. The fraction of sp³-hybridized carbons (Fsp3) is 0.318. The van der Waals surface area contributed by atoms with E-state index in [4.69, 9.17) is 0 Å². The number of para-hydroxylation sites is 1. The van der Waals surface area contributed by atoms with Crippen LogP contribution < -0.4 is 5.56 Å². The molecule has 0 unspecified atom stereocenters. The molecule has 0 saturated heterocycles. The molecule has 2 nitrogen and oxygen atoms in total. The van der Waals surface area contributed by atoms with Gasteiger partial charge in [0.05, 0.1) is 0 Å². The second-order valence-electron chi connectivity index (χ2n) is 6.45. The highest BCUT2D eigenvalue weighted by Crippen LogP contribution is 2.25. The Balaban J connectivity index is 2.46. The van der Waals surface area contributed by atoms with Crippen LogP contribution in [0.15, 0.2) is 53.3 Å². The van der Waals surface area contributed by atoms with Crippen LogP contribution >= 0.6 is 0 Å². The van der Waals surface area contributed by atoms with Crippen LogP contribution in [-0.4, -0.2) is 4.57 Å². The van der Waals surface area contributed by atoms with Crippen LogP contribution in [0.5, 0.6) is 0 Å². The normalized spacial score (nSPS) is 11.1. The molecule has 0 aliphatic rings. The molecule has 0 aliphatic carbocycles. The predicted octanol–water partition coefficient (Wildman–Crippen LogP) is 5.20. The van der Waals surface area contributed by atoms with Crippen molar-refractivity contribution in [3.8, 4) is 5.69 Å². The Hall–Kier alpha value is -2.35. The van der Waals surface area contributed by atoms with Crippen molar-refractivity contribution in [3.05, 3.63) is 75.7 Å². The van der Waals surface area contributed by atoms with Gasteiger partial charge in [0.15, 0.2) is 0 Å². The van der Waals surface area contributed by atoms with Crippen molar-refractivity contribution in [2.24, 2.45) is 0 Å². The summed E-state index contributed by atoms with van der Waals surface area (Å²) in [6.45, 7) is 6.42. The highest BCUT2D eigenvalue weighted by molar-refractivity contribution is 5.86. The van der Waals surface area contributed by atoms with Crippen molar-refractivity contribution in [1.29, 1.82) is 0 Å². The van der Waals surface area contributed by atoms with Crippen LogP contribution in [0.2, 0.25) is 0 Å². The van der Waals surface area contributed by atoms with Gasteiger partial charge in [0, 0.05) is 16.8 Å². The van der Waals surface area contributed by atoms with Gasteiger partial charge in [-0.05, 0) is 48.9 Å². The number of fused-ring (bicyclic) bond motifs is 1. The molecule has 24 heavy (non-hydrogen) atoms. The number of aryl methyl sites for hydroxylation is 2. The molecule has 2 aromatic carbocycles. The molecule has 0 spiro atoms. The Labute approximate surface area is 143 Å². The molecular weight excluding hydrogens is 294 g/mol. The van der Waals surface area contributed by atoms with Crippen molar-refractivity contribution in [2.75, 3.05) is 0 Å². The molecule has 0 atom stereocenters. The summed E-state index contributed by atoms with van der Waals surface area (Å²) < 4.78 is 1.94. The monoisotopic (exact) mass is 319 g/mol. The van der Waals surface area contributed by atoms with E-state index in [1.54, 1.807) is 0 Å². The molecule has 3 aromatic rings. The van der Waals surface area contributed by atoms with E-state index in [0.29, 0.717) is 0 Å². The zero-order valence-electron chi connectivity index (χ0n) is 14.8. The summed E-state index contributed by atoms with van der Waals surface area (Å²) >= 11 is 0. The quantitative estimate of drug-likeness (QED) is 0.633. The van der Waals surface area contributed by atoms with E-state index in [-0.39, 0.29) is 5.56 Å². The van der Waals surface area contributed by atoms with Gasteiger partial charge in [-0.15, -0.1) is 0 Å². The van der Waals surface area contributed by atoms with Gasteiger partial charge >= 0.3 is 0 Å². The van der Waals surface area contributed by atoms with E-state index in [1.165, 1.54) is 11.3 Å². The minimum atomic E-state index is 0.100. The summed E-state index contributed by atoms with van der Waals surface area (Å²) in [5.74, 6) is 0. The lowest BCUT2D eigenvalue weighted by Crippen LogP contribution is -2.24. The van der Waals surface area contributed by atoms with Crippen LogP contribution in [-0.2, 0) is 12.8 Å². The molecule has 0 aliphatic heterocycles. The van der Waals surface area contributed by atoms with E-state index in [2.05, 4.69) is 26.0 Å². The summed E-state index contributed by atoms with van der Waals surface area (Å²) in [4.78, 5) is 13.3. The summed E-state index contributed by atoms with van der Waals surface area (Å²) in [5.41, 5.74) is 4.70. The number of rotatable bonds is 5. The van der Waals surface area contributed by atoms with E-state index in [9.17, 15) is 4.79 Å². The fourth-order valence-corrected chi connectivity index (χ4v) is 3.51. The van der Waals surface area contributed by atoms with Gasteiger partial charge in [0.1, 0.15) is 0 Å². The topological polar surface area (TPSA) is 22.0 Å². The highest BCUT2D eigenvalue weighted by Gasteiger charge is 2.16. The van der Waals surface area contributed by atoms with Crippen molar-refractivity contribution in [1.82, 2.24) is 4.57 Å². The lowest BCUT2D eigenvalue weighted by molar-refractivity contribution is 0.781. The smallest absolute Gasteiger partial charge is 0.263 e. The second-order valence-corrected chi connectivity index (χ2v) is 6.45.